The van der Waals surface area contributed by atoms with Gasteiger partial charge in [0, 0.05) is 12.1 Å². The van der Waals surface area contributed by atoms with Gasteiger partial charge in [0.1, 0.15) is 0 Å². The van der Waals surface area contributed by atoms with Crippen molar-refractivity contribution in [2.24, 2.45) is 5.73 Å². The summed E-state index contributed by atoms with van der Waals surface area (Å²) in [6.07, 6.45) is 0.733. The first-order chi connectivity index (χ1) is 8.20. The minimum Gasteiger partial charge on any atom is -0.465 e. The molecule has 0 aliphatic heterocycles. The number of nitro benzene ring substituents is 1. The number of nitrogens with zero attached hydrogens (tertiary/aromatic N) is 2. The third-order valence-corrected chi connectivity index (χ3v) is 2.24. The van der Waals surface area contributed by atoms with Gasteiger partial charge in [0.2, 0.25) is 0 Å². The number of aromatic amines is 1. The molecule has 1 aromatic heterocycles. The largest absolute Gasteiger partial charge is 0.465 e. The smallest absolute Gasteiger partial charge is 0.294 e. The van der Waals surface area contributed by atoms with Crippen molar-refractivity contribution < 1.29 is 9.66 Å². The van der Waals surface area contributed by atoms with Crippen LogP contribution in [0.5, 0.6) is 6.01 Å². The molecule has 0 atom stereocenters. The first kappa shape index (κ1) is 11.3. The van der Waals surface area contributed by atoms with Gasteiger partial charge in [-0.2, -0.15) is 4.98 Å². The topological polar surface area (TPSA) is 107 Å². The number of aromatic nitrogens is 2. The molecule has 0 unspecified atom stereocenters. The average molecular weight is 236 g/mol. The molecular formula is C10H12N4O3. The van der Waals surface area contributed by atoms with Crippen LogP contribution < -0.4 is 10.5 Å². The number of hydrogen-bond donors (Lipinski definition) is 2. The van der Waals surface area contributed by atoms with Crippen molar-refractivity contribution in [1.29, 1.82) is 0 Å². The van der Waals surface area contributed by atoms with Crippen LogP contribution in [0.3, 0.4) is 0 Å². The Bertz CT molecular complexity index is 537. The van der Waals surface area contributed by atoms with Crippen molar-refractivity contribution >= 4 is 16.7 Å². The number of nitro groups is 1. The van der Waals surface area contributed by atoms with Crippen LogP contribution in [0.1, 0.15) is 6.42 Å². The number of ether oxygens (including phenoxy) is 1. The van der Waals surface area contributed by atoms with Gasteiger partial charge in [-0.3, -0.25) is 10.1 Å². The molecule has 2 rings (SSSR count). The van der Waals surface area contributed by atoms with E-state index < -0.39 is 4.92 Å². The fourth-order valence-corrected chi connectivity index (χ4v) is 1.41. The molecule has 0 fully saturated rings. The zero-order valence-corrected chi connectivity index (χ0v) is 9.05. The molecule has 0 aliphatic rings. The second-order valence-corrected chi connectivity index (χ2v) is 3.49. The number of fused-ring (bicyclic) bond motifs is 1. The van der Waals surface area contributed by atoms with E-state index in [9.17, 15) is 10.1 Å². The highest BCUT2D eigenvalue weighted by Crippen LogP contribution is 2.21. The summed E-state index contributed by atoms with van der Waals surface area (Å²) in [4.78, 5) is 17.2. The summed E-state index contributed by atoms with van der Waals surface area (Å²) >= 11 is 0. The van der Waals surface area contributed by atoms with Gasteiger partial charge in [-0.25, -0.2) is 0 Å². The molecule has 1 heterocycles. The Kier molecular flexibility index (Phi) is 3.20. The van der Waals surface area contributed by atoms with Crippen LogP contribution >= 0.6 is 0 Å². The van der Waals surface area contributed by atoms with E-state index in [1.165, 1.54) is 12.1 Å². The van der Waals surface area contributed by atoms with E-state index in [4.69, 9.17) is 10.5 Å². The van der Waals surface area contributed by atoms with Gasteiger partial charge in [0.25, 0.3) is 11.7 Å². The average Bonchev–Trinajstić information content (AvgIpc) is 2.70. The fourth-order valence-electron chi connectivity index (χ4n) is 1.41. The molecule has 0 amide bonds. The van der Waals surface area contributed by atoms with Crippen molar-refractivity contribution in [2.45, 2.75) is 6.42 Å². The monoisotopic (exact) mass is 236 g/mol. The zero-order chi connectivity index (χ0) is 12.3. The lowest BCUT2D eigenvalue weighted by molar-refractivity contribution is -0.384. The number of hydrogen-bond acceptors (Lipinski definition) is 5. The highest BCUT2D eigenvalue weighted by Gasteiger charge is 2.09. The maximum Gasteiger partial charge on any atom is 0.294 e. The van der Waals surface area contributed by atoms with Gasteiger partial charge in [0.05, 0.1) is 22.6 Å². The lowest BCUT2D eigenvalue weighted by Crippen LogP contribution is -2.06. The molecule has 0 radical (unpaired) electrons. The maximum absolute atomic E-state index is 10.6. The number of nitrogens with one attached hydrogen (secondary N) is 1. The highest BCUT2D eigenvalue weighted by molar-refractivity contribution is 5.78. The molecule has 3 N–H and O–H groups in total. The molecule has 0 spiro atoms. The van der Waals surface area contributed by atoms with Gasteiger partial charge in [0.15, 0.2) is 0 Å². The first-order valence-corrected chi connectivity index (χ1v) is 5.18. The number of benzene rings is 1. The second kappa shape index (κ2) is 4.79. The van der Waals surface area contributed by atoms with Crippen LogP contribution in [0.4, 0.5) is 5.69 Å². The van der Waals surface area contributed by atoms with E-state index >= 15 is 0 Å². The first-order valence-electron chi connectivity index (χ1n) is 5.18. The Labute approximate surface area is 96.7 Å². The standard InChI is InChI=1S/C10H12N4O3/c11-4-1-5-17-10-12-8-3-2-7(14(15)16)6-9(8)13-10/h2-3,6H,1,4-5,11H2,(H,12,13). The van der Waals surface area contributed by atoms with E-state index in [1.54, 1.807) is 6.07 Å². The summed E-state index contributed by atoms with van der Waals surface area (Å²) in [5.41, 5.74) is 6.58. The predicted octanol–water partition coefficient (Wildman–Crippen LogP) is 1.20. The lowest BCUT2D eigenvalue weighted by Gasteiger charge is -1.98. The fraction of sp³-hybridized carbons (Fsp3) is 0.300. The Balaban J connectivity index is 2.21. The van der Waals surface area contributed by atoms with Crippen LogP contribution in [-0.4, -0.2) is 28.0 Å². The summed E-state index contributed by atoms with van der Waals surface area (Å²) in [5.74, 6) is 0. The zero-order valence-electron chi connectivity index (χ0n) is 9.05. The Morgan fingerprint density at radius 1 is 1.53 bits per heavy atom. The van der Waals surface area contributed by atoms with E-state index in [0.29, 0.717) is 30.2 Å². The molecule has 1 aromatic carbocycles. The summed E-state index contributed by atoms with van der Waals surface area (Å²) in [6.45, 7) is 1.02. The number of H-pyrrole nitrogens is 1. The van der Waals surface area contributed by atoms with Gasteiger partial charge >= 0.3 is 0 Å². The van der Waals surface area contributed by atoms with Crippen molar-refractivity contribution in [3.05, 3.63) is 28.3 Å². The Morgan fingerprint density at radius 2 is 2.35 bits per heavy atom. The summed E-state index contributed by atoms with van der Waals surface area (Å²) in [5, 5.41) is 10.6. The van der Waals surface area contributed by atoms with Crippen molar-refractivity contribution in [1.82, 2.24) is 9.97 Å². The molecule has 0 saturated heterocycles. The van der Waals surface area contributed by atoms with Crippen molar-refractivity contribution in [3.8, 4) is 6.01 Å². The van der Waals surface area contributed by atoms with Crippen molar-refractivity contribution in [3.63, 3.8) is 0 Å². The molecule has 2 aromatic rings. The van der Waals surface area contributed by atoms with E-state index in [0.717, 1.165) is 6.42 Å². The van der Waals surface area contributed by atoms with Crippen LogP contribution in [-0.2, 0) is 0 Å². The maximum atomic E-state index is 10.6. The molecule has 0 aliphatic carbocycles. The van der Waals surface area contributed by atoms with Gasteiger partial charge in [-0.1, -0.05) is 0 Å². The van der Waals surface area contributed by atoms with Crippen LogP contribution in [0, 0.1) is 10.1 Å². The quantitative estimate of drug-likeness (QED) is 0.460. The van der Waals surface area contributed by atoms with Crippen LogP contribution in [0.2, 0.25) is 0 Å². The number of imidazole rings is 1. The van der Waals surface area contributed by atoms with E-state index in [-0.39, 0.29) is 5.69 Å². The van der Waals surface area contributed by atoms with Gasteiger partial charge in [-0.05, 0) is 19.0 Å². The van der Waals surface area contributed by atoms with E-state index in [1.807, 2.05) is 0 Å². The molecule has 0 saturated carbocycles. The number of rotatable bonds is 5. The SMILES string of the molecule is NCCCOc1nc2ccc([N+](=O)[O-])cc2[nH]1. The Morgan fingerprint density at radius 3 is 3.06 bits per heavy atom. The number of non-ortho nitro benzene ring substituents is 1. The third kappa shape index (κ3) is 2.51. The molecule has 7 nitrogen and oxygen atoms in total. The van der Waals surface area contributed by atoms with Crippen molar-refractivity contribution in [2.75, 3.05) is 13.2 Å². The van der Waals surface area contributed by atoms with E-state index in [2.05, 4.69) is 9.97 Å². The minimum absolute atomic E-state index is 0.0228. The molecule has 17 heavy (non-hydrogen) atoms. The summed E-state index contributed by atoms with van der Waals surface area (Å²) in [7, 11) is 0. The minimum atomic E-state index is -0.449. The van der Waals surface area contributed by atoms with Crippen LogP contribution in [0.25, 0.3) is 11.0 Å². The molecule has 90 valence electrons. The number of nitrogens with two attached hydrogens (primary N) is 1. The van der Waals surface area contributed by atoms with Gasteiger partial charge in [-0.15, -0.1) is 0 Å². The molecular weight excluding hydrogens is 224 g/mol. The lowest BCUT2D eigenvalue weighted by atomic mass is 10.3. The highest BCUT2D eigenvalue weighted by atomic mass is 16.6. The van der Waals surface area contributed by atoms with Gasteiger partial charge < -0.3 is 15.5 Å². The normalized spacial score (nSPS) is 10.6. The predicted molar refractivity (Wildman–Crippen MR) is 61.9 cm³/mol. The molecule has 7 heteroatoms. The Hall–Kier alpha value is -2.15. The second-order valence-electron chi connectivity index (χ2n) is 3.49. The van der Waals surface area contributed by atoms with Crippen LogP contribution in [0.15, 0.2) is 18.2 Å². The third-order valence-electron chi connectivity index (χ3n) is 2.24. The molecule has 0 bridgehead atoms. The summed E-state index contributed by atoms with van der Waals surface area (Å²) < 4.78 is 5.32. The summed E-state index contributed by atoms with van der Waals surface area (Å²) in [6, 6.07) is 4.78.